The van der Waals surface area contributed by atoms with E-state index in [2.05, 4.69) is 26.0 Å². The van der Waals surface area contributed by atoms with Crippen molar-refractivity contribution in [1.82, 2.24) is 0 Å². The fourth-order valence-corrected chi connectivity index (χ4v) is 6.96. The van der Waals surface area contributed by atoms with E-state index < -0.39 is 7.60 Å². The summed E-state index contributed by atoms with van der Waals surface area (Å²) in [6, 6.07) is 0. The SMILES string of the molecule is CCCCCCCC=CCCCCCCCCCCCCCCCOP(=O)(O)C(CCC)[N+](C)(C)C. The van der Waals surface area contributed by atoms with Crippen molar-refractivity contribution in [3.05, 3.63) is 12.2 Å². The van der Waals surface area contributed by atoms with Crippen molar-refractivity contribution in [3.63, 3.8) is 0 Å². The molecule has 0 aliphatic rings. The van der Waals surface area contributed by atoms with Gasteiger partial charge in [0.05, 0.1) is 27.7 Å². The lowest BCUT2D eigenvalue weighted by Gasteiger charge is -2.35. The lowest BCUT2D eigenvalue weighted by molar-refractivity contribution is -0.883. The highest BCUT2D eigenvalue weighted by atomic mass is 31.2. The molecule has 2 unspecified atom stereocenters. The van der Waals surface area contributed by atoms with Crippen molar-refractivity contribution >= 4 is 7.60 Å². The van der Waals surface area contributed by atoms with Gasteiger partial charge in [-0.1, -0.05) is 122 Å². The molecular weight excluding hydrogens is 465 g/mol. The zero-order valence-electron chi connectivity index (χ0n) is 25.2. The topological polar surface area (TPSA) is 46.5 Å². The van der Waals surface area contributed by atoms with Crippen LogP contribution in [0.5, 0.6) is 0 Å². The van der Waals surface area contributed by atoms with Crippen LogP contribution in [0.25, 0.3) is 0 Å². The van der Waals surface area contributed by atoms with Gasteiger partial charge < -0.3 is 13.9 Å². The van der Waals surface area contributed by atoms with Gasteiger partial charge in [-0.3, -0.25) is 4.57 Å². The number of nitrogens with zero attached hydrogens (tertiary/aromatic N) is 1. The van der Waals surface area contributed by atoms with Gasteiger partial charge in [-0.2, -0.15) is 0 Å². The molecule has 0 bridgehead atoms. The summed E-state index contributed by atoms with van der Waals surface area (Å²) in [5, 5.41) is 0. The maximum Gasteiger partial charge on any atom is 0.385 e. The van der Waals surface area contributed by atoms with Crippen LogP contribution in [0.4, 0.5) is 0 Å². The number of rotatable bonds is 27. The van der Waals surface area contributed by atoms with Gasteiger partial charge in [-0.05, 0) is 38.5 Å². The molecule has 2 atom stereocenters. The van der Waals surface area contributed by atoms with Crippen LogP contribution in [0.15, 0.2) is 12.2 Å². The Labute approximate surface area is 226 Å². The van der Waals surface area contributed by atoms with Gasteiger partial charge in [0.1, 0.15) is 0 Å². The molecule has 0 aromatic carbocycles. The molecule has 0 aliphatic carbocycles. The molecule has 0 radical (unpaired) electrons. The van der Waals surface area contributed by atoms with E-state index in [0.29, 0.717) is 17.5 Å². The fourth-order valence-electron chi connectivity index (χ4n) is 4.94. The van der Waals surface area contributed by atoms with Gasteiger partial charge in [0.2, 0.25) is 0 Å². The molecule has 0 saturated heterocycles. The van der Waals surface area contributed by atoms with E-state index in [4.69, 9.17) is 4.52 Å². The molecule has 5 heteroatoms. The van der Waals surface area contributed by atoms with E-state index in [-0.39, 0.29) is 5.78 Å². The smallest absolute Gasteiger partial charge is 0.320 e. The standard InChI is InChI=1S/C31H64NO3P/c1-6-8-9-10-11-12-13-14-15-16-17-18-19-20-21-22-23-24-25-26-27-28-30-35-36(33,34)31(29-7-2)32(3,4)5/h13-14,31H,6-12,15-30H2,1-5H3/p+1. The Hall–Kier alpha value is -0.150. The highest BCUT2D eigenvalue weighted by Gasteiger charge is 2.41. The lowest BCUT2D eigenvalue weighted by Crippen LogP contribution is -2.45. The molecule has 36 heavy (non-hydrogen) atoms. The second-order valence-electron chi connectivity index (χ2n) is 11.8. The van der Waals surface area contributed by atoms with Crippen LogP contribution < -0.4 is 0 Å². The Kier molecular flexibility index (Phi) is 23.8. The van der Waals surface area contributed by atoms with Gasteiger partial charge in [0.25, 0.3) is 0 Å². The van der Waals surface area contributed by atoms with Crippen LogP contribution in [-0.4, -0.2) is 42.9 Å². The van der Waals surface area contributed by atoms with Crippen LogP contribution >= 0.6 is 7.60 Å². The first kappa shape index (κ1) is 35.9. The van der Waals surface area contributed by atoms with Crippen LogP contribution in [-0.2, 0) is 9.09 Å². The summed E-state index contributed by atoms with van der Waals surface area (Å²) in [4.78, 5) is 10.4. The van der Waals surface area contributed by atoms with E-state index in [0.717, 1.165) is 19.3 Å². The Morgan fingerprint density at radius 1 is 0.639 bits per heavy atom. The van der Waals surface area contributed by atoms with E-state index in [1.165, 1.54) is 116 Å². The fraction of sp³-hybridized carbons (Fsp3) is 0.935. The summed E-state index contributed by atoms with van der Waals surface area (Å²) < 4.78 is 18.7. The van der Waals surface area contributed by atoms with Crippen LogP contribution in [0.1, 0.15) is 155 Å². The summed E-state index contributed by atoms with van der Waals surface area (Å²) in [6.45, 7) is 4.74. The Morgan fingerprint density at radius 2 is 1.03 bits per heavy atom. The van der Waals surface area contributed by atoms with E-state index in [1.54, 1.807) is 0 Å². The van der Waals surface area contributed by atoms with E-state index in [9.17, 15) is 9.46 Å². The molecule has 0 aromatic heterocycles. The molecule has 0 heterocycles. The van der Waals surface area contributed by atoms with Crippen molar-refractivity contribution in [2.75, 3.05) is 27.7 Å². The molecule has 0 fully saturated rings. The van der Waals surface area contributed by atoms with Crippen LogP contribution in [0, 0.1) is 0 Å². The molecule has 0 aliphatic heterocycles. The first-order chi connectivity index (χ1) is 17.3. The summed E-state index contributed by atoms with van der Waals surface area (Å²) in [5.41, 5.74) is 0. The Balaban J connectivity index is 3.43. The quantitative estimate of drug-likeness (QED) is 0.0497. The third kappa shape index (κ3) is 21.9. The molecule has 0 saturated carbocycles. The third-order valence-electron chi connectivity index (χ3n) is 7.25. The minimum absolute atomic E-state index is 0.334. The minimum Gasteiger partial charge on any atom is -0.320 e. The Bertz CT molecular complexity index is 544. The maximum absolute atomic E-state index is 12.7. The van der Waals surface area contributed by atoms with Gasteiger partial charge >= 0.3 is 7.60 Å². The molecule has 0 spiro atoms. The first-order valence-corrected chi connectivity index (χ1v) is 17.3. The largest absolute Gasteiger partial charge is 0.385 e. The first-order valence-electron chi connectivity index (χ1n) is 15.7. The normalized spacial score (nSPS) is 14.9. The van der Waals surface area contributed by atoms with Crippen molar-refractivity contribution in [3.8, 4) is 0 Å². The number of unbranched alkanes of at least 4 members (excludes halogenated alkanes) is 18. The van der Waals surface area contributed by atoms with Crippen LogP contribution in [0.2, 0.25) is 0 Å². The highest BCUT2D eigenvalue weighted by molar-refractivity contribution is 7.53. The van der Waals surface area contributed by atoms with Crippen molar-refractivity contribution in [2.45, 2.75) is 161 Å². The number of quaternary nitrogens is 1. The Morgan fingerprint density at radius 3 is 1.42 bits per heavy atom. The molecule has 0 rings (SSSR count). The highest BCUT2D eigenvalue weighted by Crippen LogP contribution is 2.51. The predicted octanol–water partition coefficient (Wildman–Crippen LogP) is 10.4. The van der Waals surface area contributed by atoms with Gasteiger partial charge in [0.15, 0.2) is 5.78 Å². The van der Waals surface area contributed by atoms with Crippen molar-refractivity contribution in [2.24, 2.45) is 0 Å². The number of hydrogen-bond donors (Lipinski definition) is 1. The third-order valence-corrected chi connectivity index (χ3v) is 9.51. The molecule has 1 N–H and O–H groups in total. The summed E-state index contributed by atoms with van der Waals surface area (Å²) in [7, 11) is 2.36. The minimum atomic E-state index is -3.57. The van der Waals surface area contributed by atoms with E-state index in [1.807, 2.05) is 21.1 Å². The van der Waals surface area contributed by atoms with Gasteiger partial charge in [0, 0.05) is 6.42 Å². The average Bonchev–Trinajstić information content (AvgIpc) is 2.82. The zero-order chi connectivity index (χ0) is 27.0. The lowest BCUT2D eigenvalue weighted by atomic mass is 10.0. The number of allylic oxidation sites excluding steroid dienone is 2. The zero-order valence-corrected chi connectivity index (χ0v) is 26.0. The summed E-state index contributed by atoms with van der Waals surface area (Å²) >= 11 is 0. The number of hydrogen-bond acceptors (Lipinski definition) is 2. The predicted molar refractivity (Wildman–Crippen MR) is 160 cm³/mol. The van der Waals surface area contributed by atoms with Gasteiger partial charge in [-0.25, -0.2) is 0 Å². The second kappa shape index (κ2) is 23.9. The monoisotopic (exact) mass is 530 g/mol. The molecule has 4 nitrogen and oxygen atoms in total. The molecular formula is C31H65NO3P+. The maximum atomic E-state index is 12.7. The average molecular weight is 531 g/mol. The van der Waals surface area contributed by atoms with Gasteiger partial charge in [-0.15, -0.1) is 0 Å². The van der Waals surface area contributed by atoms with Crippen LogP contribution in [0.3, 0.4) is 0 Å². The van der Waals surface area contributed by atoms with E-state index >= 15 is 0 Å². The second-order valence-corrected chi connectivity index (χ2v) is 13.8. The molecule has 216 valence electrons. The molecule has 0 aromatic rings. The summed E-state index contributed by atoms with van der Waals surface area (Å²) in [6.07, 6.45) is 32.8. The molecule has 0 amide bonds. The summed E-state index contributed by atoms with van der Waals surface area (Å²) in [5.74, 6) is -0.334. The van der Waals surface area contributed by atoms with Crippen molar-refractivity contribution in [1.29, 1.82) is 0 Å². The van der Waals surface area contributed by atoms with Crippen molar-refractivity contribution < 1.29 is 18.5 Å².